The summed E-state index contributed by atoms with van der Waals surface area (Å²) in [5.74, 6) is 1.97. The summed E-state index contributed by atoms with van der Waals surface area (Å²) < 4.78 is 15.5. The van der Waals surface area contributed by atoms with Crippen molar-refractivity contribution in [2.45, 2.75) is 19.9 Å². The molecule has 3 N–H and O–H groups in total. The van der Waals surface area contributed by atoms with Gasteiger partial charge in [-0.3, -0.25) is 0 Å². The van der Waals surface area contributed by atoms with Gasteiger partial charge in [-0.2, -0.15) is 0 Å². The van der Waals surface area contributed by atoms with Gasteiger partial charge >= 0.3 is 0 Å². The van der Waals surface area contributed by atoms with Gasteiger partial charge < -0.3 is 29.7 Å². The molecular formula is C19H25NO5. The number of hydrogen-bond acceptors (Lipinski definition) is 6. The molecule has 0 unspecified atom stereocenters. The van der Waals surface area contributed by atoms with Crippen molar-refractivity contribution in [2.75, 3.05) is 27.9 Å². The second kappa shape index (κ2) is 8.48. The maximum atomic E-state index is 9.20. The molecule has 0 aromatic heterocycles. The van der Waals surface area contributed by atoms with Crippen molar-refractivity contribution in [2.24, 2.45) is 0 Å². The minimum atomic E-state index is -0.0301. The number of aryl methyl sites for hydroxylation is 1. The Balaban J connectivity index is 0.000000181. The molecule has 2 aromatic rings. The zero-order valence-electron chi connectivity index (χ0n) is 15.0. The lowest BCUT2D eigenvalue weighted by atomic mass is 10.0. The average molecular weight is 347 g/mol. The quantitative estimate of drug-likeness (QED) is 0.741. The maximum Gasteiger partial charge on any atom is 0.203 e. The average Bonchev–Trinajstić information content (AvgIpc) is 2.62. The molecule has 0 saturated carbocycles. The van der Waals surface area contributed by atoms with Crippen molar-refractivity contribution in [3.63, 3.8) is 0 Å². The van der Waals surface area contributed by atoms with E-state index >= 15 is 0 Å². The van der Waals surface area contributed by atoms with Gasteiger partial charge in [0.15, 0.2) is 23.0 Å². The first-order valence-electron chi connectivity index (χ1n) is 8.01. The molecule has 1 aliphatic rings. The van der Waals surface area contributed by atoms with Crippen molar-refractivity contribution in [1.82, 2.24) is 5.32 Å². The Labute approximate surface area is 148 Å². The van der Waals surface area contributed by atoms with E-state index in [1.165, 1.54) is 0 Å². The van der Waals surface area contributed by atoms with Gasteiger partial charge in [0.1, 0.15) is 0 Å². The van der Waals surface area contributed by atoms with E-state index in [2.05, 4.69) is 5.32 Å². The highest BCUT2D eigenvalue weighted by atomic mass is 16.5. The van der Waals surface area contributed by atoms with E-state index in [1.54, 1.807) is 33.5 Å². The Bertz CT molecular complexity index is 674. The molecule has 25 heavy (non-hydrogen) atoms. The molecule has 0 atom stereocenters. The lowest BCUT2D eigenvalue weighted by Crippen LogP contribution is -2.23. The van der Waals surface area contributed by atoms with Crippen molar-refractivity contribution in [1.29, 1.82) is 0 Å². The number of phenolic OH excluding ortho intramolecular Hbond substituents is 2. The van der Waals surface area contributed by atoms with Crippen LogP contribution in [-0.4, -0.2) is 38.1 Å². The lowest BCUT2D eigenvalue weighted by Gasteiger charge is -2.17. The van der Waals surface area contributed by atoms with Crippen molar-refractivity contribution < 1.29 is 24.4 Å². The second-order valence-corrected chi connectivity index (χ2v) is 5.74. The van der Waals surface area contributed by atoms with Crippen LogP contribution in [0.5, 0.6) is 28.7 Å². The number of fused-ring (bicyclic) bond motifs is 1. The minimum Gasteiger partial charge on any atom is -0.504 e. The number of methoxy groups -OCH3 is 3. The topological polar surface area (TPSA) is 80.2 Å². The molecule has 1 heterocycles. The smallest absolute Gasteiger partial charge is 0.203 e. The van der Waals surface area contributed by atoms with Gasteiger partial charge in [0.05, 0.1) is 21.3 Å². The van der Waals surface area contributed by atoms with E-state index in [9.17, 15) is 10.2 Å². The van der Waals surface area contributed by atoms with Gasteiger partial charge in [0.2, 0.25) is 5.75 Å². The zero-order chi connectivity index (χ0) is 18.4. The van der Waals surface area contributed by atoms with Gasteiger partial charge in [-0.25, -0.2) is 0 Å². The van der Waals surface area contributed by atoms with Gasteiger partial charge in [0.25, 0.3) is 0 Å². The predicted octanol–water partition coefficient (Wildman–Crippen LogP) is 2.76. The molecule has 0 spiro atoms. The number of benzene rings is 2. The third-order valence-electron chi connectivity index (χ3n) is 3.99. The summed E-state index contributed by atoms with van der Waals surface area (Å²) in [6, 6.07) is 7.07. The SMILES string of the molecule is COc1cc(C)cc(OC)c1OC.Oc1cc2c(cc1O)CNCC2. The molecule has 0 fully saturated rings. The third-order valence-corrected chi connectivity index (χ3v) is 3.99. The summed E-state index contributed by atoms with van der Waals surface area (Å²) in [6.07, 6.45) is 0.920. The Kier molecular flexibility index (Phi) is 6.36. The van der Waals surface area contributed by atoms with Crippen LogP contribution in [0.3, 0.4) is 0 Å². The highest BCUT2D eigenvalue weighted by molar-refractivity contribution is 5.53. The summed E-state index contributed by atoms with van der Waals surface area (Å²) in [7, 11) is 4.81. The zero-order valence-corrected chi connectivity index (χ0v) is 15.0. The van der Waals surface area contributed by atoms with Gasteiger partial charge in [-0.05, 0) is 60.8 Å². The number of ether oxygens (including phenoxy) is 3. The molecule has 6 heteroatoms. The monoisotopic (exact) mass is 347 g/mol. The lowest BCUT2D eigenvalue weighted by molar-refractivity contribution is 0.324. The molecule has 6 nitrogen and oxygen atoms in total. The van der Waals surface area contributed by atoms with Crippen LogP contribution in [0.2, 0.25) is 0 Å². The first kappa shape index (κ1) is 18.7. The number of rotatable bonds is 3. The van der Waals surface area contributed by atoms with E-state index in [4.69, 9.17) is 14.2 Å². The van der Waals surface area contributed by atoms with Gasteiger partial charge in [-0.1, -0.05) is 0 Å². The molecule has 1 aliphatic heterocycles. The summed E-state index contributed by atoms with van der Waals surface area (Å²) in [4.78, 5) is 0. The first-order valence-corrected chi connectivity index (χ1v) is 8.01. The number of hydrogen-bond donors (Lipinski definition) is 3. The second-order valence-electron chi connectivity index (χ2n) is 5.74. The minimum absolute atomic E-state index is 0.0179. The summed E-state index contributed by atoms with van der Waals surface area (Å²) in [5.41, 5.74) is 3.29. The van der Waals surface area contributed by atoms with Crippen LogP contribution in [0.25, 0.3) is 0 Å². The van der Waals surface area contributed by atoms with E-state index in [0.717, 1.165) is 36.2 Å². The fourth-order valence-electron chi connectivity index (χ4n) is 2.72. The standard InChI is InChI=1S/C10H14O3.C9H11NO2/c1-7-5-8(11-2)10(13-4)9(6-7)12-3;11-8-3-6-1-2-10-5-7(6)4-9(8)12/h5-6H,1-4H3;3-4,10-12H,1-2,5H2. The highest BCUT2D eigenvalue weighted by Crippen LogP contribution is 2.37. The predicted molar refractivity (Wildman–Crippen MR) is 96.0 cm³/mol. The molecular weight excluding hydrogens is 322 g/mol. The molecule has 0 radical (unpaired) electrons. The third kappa shape index (κ3) is 4.48. The molecule has 0 bridgehead atoms. The highest BCUT2D eigenvalue weighted by Gasteiger charge is 2.12. The summed E-state index contributed by atoms with van der Waals surface area (Å²) >= 11 is 0. The molecule has 0 amide bonds. The van der Waals surface area contributed by atoms with Crippen LogP contribution in [-0.2, 0) is 13.0 Å². The Morgan fingerprint density at radius 2 is 1.40 bits per heavy atom. The van der Waals surface area contributed by atoms with E-state index in [1.807, 2.05) is 19.1 Å². The molecule has 0 saturated heterocycles. The number of phenols is 2. The van der Waals surface area contributed by atoms with Crippen LogP contribution in [0.4, 0.5) is 0 Å². The summed E-state index contributed by atoms with van der Waals surface area (Å²) in [5, 5.41) is 21.6. The normalized spacial score (nSPS) is 12.5. The Hall–Kier alpha value is -2.60. The molecule has 3 rings (SSSR count). The van der Waals surface area contributed by atoms with Crippen LogP contribution in [0, 0.1) is 6.92 Å². The van der Waals surface area contributed by atoms with Crippen LogP contribution >= 0.6 is 0 Å². The van der Waals surface area contributed by atoms with Crippen molar-refractivity contribution in [3.8, 4) is 28.7 Å². The largest absolute Gasteiger partial charge is 0.504 e. The molecule has 0 aliphatic carbocycles. The fraction of sp³-hybridized carbons (Fsp3) is 0.368. The van der Waals surface area contributed by atoms with Gasteiger partial charge in [-0.15, -0.1) is 0 Å². The fourth-order valence-corrected chi connectivity index (χ4v) is 2.72. The van der Waals surface area contributed by atoms with E-state index in [0.29, 0.717) is 17.2 Å². The van der Waals surface area contributed by atoms with E-state index in [-0.39, 0.29) is 11.5 Å². The van der Waals surface area contributed by atoms with Gasteiger partial charge in [0, 0.05) is 6.54 Å². The van der Waals surface area contributed by atoms with Crippen molar-refractivity contribution >= 4 is 0 Å². The summed E-state index contributed by atoms with van der Waals surface area (Å²) in [6.45, 7) is 3.70. The van der Waals surface area contributed by atoms with E-state index < -0.39 is 0 Å². The molecule has 2 aromatic carbocycles. The van der Waals surface area contributed by atoms with Crippen LogP contribution in [0.1, 0.15) is 16.7 Å². The first-order chi connectivity index (χ1) is 12.0. The van der Waals surface area contributed by atoms with Crippen LogP contribution < -0.4 is 19.5 Å². The Morgan fingerprint density at radius 3 is 1.92 bits per heavy atom. The number of nitrogens with one attached hydrogen (secondary N) is 1. The van der Waals surface area contributed by atoms with Crippen LogP contribution in [0.15, 0.2) is 24.3 Å². The van der Waals surface area contributed by atoms with Crippen molar-refractivity contribution in [3.05, 3.63) is 41.0 Å². The number of aromatic hydroxyl groups is 2. The maximum absolute atomic E-state index is 9.20. The molecule has 136 valence electrons. The Morgan fingerprint density at radius 1 is 0.840 bits per heavy atom.